The number of imidazole rings is 1. The summed E-state index contributed by atoms with van der Waals surface area (Å²) in [6.45, 7) is 0. The van der Waals surface area contributed by atoms with E-state index in [-0.39, 0.29) is 5.25 Å². The molecule has 3 unspecified atom stereocenters. The molecule has 2 aliphatic heterocycles. The van der Waals surface area contributed by atoms with Crippen molar-refractivity contribution < 1.29 is 4.21 Å². The van der Waals surface area contributed by atoms with E-state index in [4.69, 9.17) is 0 Å². The topological polar surface area (TPSA) is 60.7 Å². The minimum Gasteiger partial charge on any atom is -0.274 e. The van der Waals surface area contributed by atoms with Crippen LogP contribution in [-0.4, -0.2) is 34.2 Å². The van der Waals surface area contributed by atoms with Crippen LogP contribution in [0.3, 0.4) is 0 Å². The number of hydrogen-bond acceptors (Lipinski definition) is 4. The highest BCUT2D eigenvalue weighted by Gasteiger charge is 2.33. The Bertz CT molecular complexity index is 693. The van der Waals surface area contributed by atoms with E-state index >= 15 is 0 Å². The minimum atomic E-state index is -0.689. The maximum absolute atomic E-state index is 12.2. The molecule has 3 atom stereocenters. The Kier molecular flexibility index (Phi) is 3.18. The third-order valence-corrected chi connectivity index (χ3v) is 6.25. The lowest BCUT2D eigenvalue weighted by Gasteiger charge is -2.32. The number of fused-ring (bicyclic) bond motifs is 2. The normalized spacial score (nSPS) is 28.2. The molecule has 5 nitrogen and oxygen atoms in total. The molecular weight excluding hydrogens is 284 g/mol. The lowest BCUT2D eigenvalue weighted by atomic mass is 9.95. The molecule has 4 heterocycles. The van der Waals surface area contributed by atoms with E-state index in [1.165, 1.54) is 12.0 Å². The van der Waals surface area contributed by atoms with Crippen molar-refractivity contribution in [3.63, 3.8) is 0 Å². The van der Waals surface area contributed by atoms with Crippen molar-refractivity contribution in [3.05, 3.63) is 42.8 Å². The van der Waals surface area contributed by atoms with Crippen LogP contribution in [0.15, 0.2) is 37.2 Å². The fourth-order valence-electron chi connectivity index (χ4n) is 3.11. The highest BCUT2D eigenvalue weighted by Crippen LogP contribution is 2.36. The van der Waals surface area contributed by atoms with E-state index in [0.717, 1.165) is 24.8 Å². The van der Waals surface area contributed by atoms with Crippen molar-refractivity contribution in [3.8, 4) is 5.95 Å². The molecule has 0 spiro atoms. The molecule has 0 aliphatic carbocycles. The zero-order valence-corrected chi connectivity index (χ0v) is 12.4. The quantitative estimate of drug-likeness (QED) is 0.852. The van der Waals surface area contributed by atoms with Crippen LogP contribution in [0.1, 0.15) is 31.2 Å². The zero-order valence-electron chi connectivity index (χ0n) is 11.6. The van der Waals surface area contributed by atoms with Gasteiger partial charge in [-0.15, -0.1) is 0 Å². The Morgan fingerprint density at radius 2 is 2.10 bits per heavy atom. The van der Waals surface area contributed by atoms with Crippen LogP contribution in [0.4, 0.5) is 0 Å². The molecule has 0 N–H and O–H groups in total. The van der Waals surface area contributed by atoms with E-state index in [0.29, 0.717) is 11.2 Å². The maximum atomic E-state index is 12.2. The van der Waals surface area contributed by atoms with Gasteiger partial charge in [0.1, 0.15) is 6.33 Å². The molecule has 0 saturated carbocycles. The first-order valence-corrected chi connectivity index (χ1v) is 8.50. The first-order chi connectivity index (χ1) is 10.3. The fraction of sp³-hybridized carbons (Fsp3) is 0.400. The van der Waals surface area contributed by atoms with Crippen molar-refractivity contribution in [2.75, 3.05) is 0 Å². The fourth-order valence-corrected chi connectivity index (χ4v) is 5.04. The lowest BCUT2D eigenvalue weighted by molar-refractivity contribution is 0.579. The number of aromatic nitrogens is 4. The van der Waals surface area contributed by atoms with Crippen molar-refractivity contribution in [2.45, 2.75) is 36.2 Å². The highest BCUT2D eigenvalue weighted by atomic mass is 32.2. The van der Waals surface area contributed by atoms with Crippen LogP contribution in [0.25, 0.3) is 11.5 Å². The molecule has 4 rings (SSSR count). The average Bonchev–Trinajstić information content (AvgIpc) is 3.01. The maximum Gasteiger partial charge on any atom is 0.234 e. The standard InChI is InChI=1S/C15H16N4OS/c20-21-13-2-1-3-14(21)7-11(6-13)12-8-17-15(18-9-12)19-5-4-16-10-19/h4-6,8-10,13-14H,1-3,7H2. The van der Waals surface area contributed by atoms with Crippen molar-refractivity contribution in [2.24, 2.45) is 0 Å². The van der Waals surface area contributed by atoms with Gasteiger partial charge in [0.25, 0.3) is 0 Å². The van der Waals surface area contributed by atoms with Crippen molar-refractivity contribution in [1.29, 1.82) is 0 Å². The summed E-state index contributed by atoms with van der Waals surface area (Å²) < 4.78 is 14.0. The summed E-state index contributed by atoms with van der Waals surface area (Å²) in [5.41, 5.74) is 2.30. The van der Waals surface area contributed by atoms with Gasteiger partial charge < -0.3 is 0 Å². The van der Waals surface area contributed by atoms with E-state index in [1.54, 1.807) is 17.1 Å². The second-order valence-corrected chi connectivity index (χ2v) is 7.49. The van der Waals surface area contributed by atoms with Gasteiger partial charge in [-0.1, -0.05) is 12.5 Å². The number of allylic oxidation sites excluding steroid dienone is 1. The Hall–Kier alpha value is -1.82. The second kappa shape index (κ2) is 5.18. The summed E-state index contributed by atoms with van der Waals surface area (Å²) in [4.78, 5) is 12.8. The summed E-state index contributed by atoms with van der Waals surface area (Å²) >= 11 is 0. The van der Waals surface area contributed by atoms with Crippen LogP contribution in [0, 0.1) is 0 Å². The molecule has 1 fully saturated rings. The van der Waals surface area contributed by atoms with E-state index in [9.17, 15) is 4.21 Å². The van der Waals surface area contributed by atoms with Crippen molar-refractivity contribution in [1.82, 2.24) is 19.5 Å². The Labute approximate surface area is 125 Å². The Morgan fingerprint density at radius 3 is 2.81 bits per heavy atom. The number of hydrogen-bond donors (Lipinski definition) is 0. The van der Waals surface area contributed by atoms with Gasteiger partial charge in [-0.25, -0.2) is 15.0 Å². The smallest absolute Gasteiger partial charge is 0.234 e. The molecule has 0 aromatic carbocycles. The molecule has 21 heavy (non-hydrogen) atoms. The van der Waals surface area contributed by atoms with E-state index in [2.05, 4.69) is 21.0 Å². The molecular formula is C15H16N4OS. The van der Waals surface area contributed by atoms with Crippen LogP contribution >= 0.6 is 0 Å². The molecule has 2 aliphatic rings. The van der Waals surface area contributed by atoms with Crippen LogP contribution in [0.5, 0.6) is 0 Å². The molecule has 2 aromatic rings. The molecule has 1 saturated heterocycles. The van der Waals surface area contributed by atoms with E-state index in [1.807, 2.05) is 18.6 Å². The summed E-state index contributed by atoms with van der Waals surface area (Å²) in [7, 11) is -0.689. The number of rotatable bonds is 2. The zero-order chi connectivity index (χ0) is 14.2. The first kappa shape index (κ1) is 12.9. The predicted molar refractivity (Wildman–Crippen MR) is 81.3 cm³/mol. The highest BCUT2D eigenvalue weighted by molar-refractivity contribution is 7.86. The molecule has 6 heteroatoms. The molecule has 0 radical (unpaired) electrons. The summed E-state index contributed by atoms with van der Waals surface area (Å²) in [6.07, 6.45) is 15.3. The SMILES string of the molecule is O=S1C2C=C(c3cnc(-n4ccnc4)nc3)CC1CCC2. The van der Waals surface area contributed by atoms with Crippen molar-refractivity contribution >= 4 is 16.4 Å². The van der Waals surface area contributed by atoms with Gasteiger partial charge in [0, 0.05) is 46.4 Å². The monoisotopic (exact) mass is 300 g/mol. The summed E-state index contributed by atoms with van der Waals surface area (Å²) in [5.74, 6) is 0.622. The molecule has 0 amide bonds. The summed E-state index contributed by atoms with van der Waals surface area (Å²) in [5, 5.41) is 0.540. The predicted octanol–water partition coefficient (Wildman–Crippen LogP) is 2.12. The van der Waals surface area contributed by atoms with Crippen LogP contribution in [0.2, 0.25) is 0 Å². The average molecular weight is 300 g/mol. The third kappa shape index (κ3) is 2.33. The number of nitrogens with zero attached hydrogens (tertiary/aromatic N) is 4. The van der Waals surface area contributed by atoms with Gasteiger partial charge in [0.15, 0.2) is 0 Å². The second-order valence-electron chi connectivity index (χ2n) is 5.56. The Morgan fingerprint density at radius 1 is 1.24 bits per heavy atom. The summed E-state index contributed by atoms with van der Waals surface area (Å²) in [6, 6.07) is 0. The first-order valence-electron chi connectivity index (χ1n) is 7.22. The van der Waals surface area contributed by atoms with Gasteiger partial charge in [-0.2, -0.15) is 0 Å². The third-order valence-electron chi connectivity index (χ3n) is 4.22. The molecule has 2 aromatic heterocycles. The largest absolute Gasteiger partial charge is 0.274 e. The van der Waals surface area contributed by atoms with Gasteiger partial charge in [-0.05, 0) is 24.8 Å². The van der Waals surface area contributed by atoms with Gasteiger partial charge >= 0.3 is 0 Å². The molecule has 108 valence electrons. The lowest BCUT2D eigenvalue weighted by Crippen LogP contribution is -2.33. The molecule has 2 bridgehead atoms. The van der Waals surface area contributed by atoms with Crippen LogP contribution < -0.4 is 0 Å². The minimum absolute atomic E-state index is 0.223. The van der Waals surface area contributed by atoms with Gasteiger partial charge in [0.05, 0.1) is 5.25 Å². The van der Waals surface area contributed by atoms with Crippen LogP contribution in [-0.2, 0) is 10.8 Å². The van der Waals surface area contributed by atoms with E-state index < -0.39 is 10.8 Å². The Balaban J connectivity index is 1.63. The van der Waals surface area contributed by atoms with Gasteiger partial charge in [0.2, 0.25) is 5.95 Å². The van der Waals surface area contributed by atoms with Gasteiger partial charge in [-0.3, -0.25) is 8.78 Å².